The molecule has 1 saturated carbocycles. The zero-order valence-corrected chi connectivity index (χ0v) is 11.0. The Hall–Kier alpha value is -1.26. The van der Waals surface area contributed by atoms with Gasteiger partial charge in [-0.05, 0) is 19.3 Å². The van der Waals surface area contributed by atoms with Gasteiger partial charge in [0.2, 0.25) is 5.91 Å². The van der Waals surface area contributed by atoms with E-state index in [0.29, 0.717) is 19.0 Å². The largest absolute Gasteiger partial charge is 0.356 e. The molecule has 0 spiro atoms. The number of carbonyl (C=O) groups excluding carboxylic acids is 1. The summed E-state index contributed by atoms with van der Waals surface area (Å²) in [5.74, 6) is 0.998. The Morgan fingerprint density at radius 2 is 2.11 bits per heavy atom. The fourth-order valence-electron chi connectivity index (χ4n) is 2.49. The number of guanidine groups is 1. The van der Waals surface area contributed by atoms with Crippen LogP contribution in [-0.2, 0) is 4.79 Å². The highest BCUT2D eigenvalue weighted by atomic mass is 16.1. The zero-order chi connectivity index (χ0) is 12.6. The minimum absolute atomic E-state index is 0.158. The molecule has 0 unspecified atom stereocenters. The first-order valence-corrected chi connectivity index (χ1v) is 7.16. The van der Waals surface area contributed by atoms with Crippen molar-refractivity contribution in [1.82, 2.24) is 16.0 Å². The molecule has 5 nitrogen and oxygen atoms in total. The first-order valence-electron chi connectivity index (χ1n) is 7.16. The van der Waals surface area contributed by atoms with Crippen LogP contribution in [0.25, 0.3) is 0 Å². The van der Waals surface area contributed by atoms with E-state index < -0.39 is 0 Å². The van der Waals surface area contributed by atoms with Gasteiger partial charge in [-0.15, -0.1) is 0 Å². The van der Waals surface area contributed by atoms with Crippen LogP contribution >= 0.6 is 0 Å². The van der Waals surface area contributed by atoms with E-state index in [9.17, 15) is 4.79 Å². The van der Waals surface area contributed by atoms with Crippen LogP contribution in [0.4, 0.5) is 0 Å². The van der Waals surface area contributed by atoms with Gasteiger partial charge >= 0.3 is 0 Å². The topological polar surface area (TPSA) is 65.5 Å². The van der Waals surface area contributed by atoms with Gasteiger partial charge in [-0.1, -0.05) is 19.3 Å². The van der Waals surface area contributed by atoms with Crippen molar-refractivity contribution in [3.63, 3.8) is 0 Å². The molecule has 3 N–H and O–H groups in total. The smallest absolute Gasteiger partial charge is 0.221 e. The molecule has 0 aromatic heterocycles. The lowest BCUT2D eigenvalue weighted by molar-refractivity contribution is -0.121. The van der Waals surface area contributed by atoms with Gasteiger partial charge in [-0.3, -0.25) is 9.79 Å². The van der Waals surface area contributed by atoms with Crippen molar-refractivity contribution in [3.8, 4) is 0 Å². The van der Waals surface area contributed by atoms with Gasteiger partial charge in [0, 0.05) is 32.1 Å². The Morgan fingerprint density at radius 3 is 2.83 bits per heavy atom. The third-order valence-electron chi connectivity index (χ3n) is 3.51. The van der Waals surface area contributed by atoms with Gasteiger partial charge in [-0.25, -0.2) is 0 Å². The summed E-state index contributed by atoms with van der Waals surface area (Å²) in [5.41, 5.74) is 0. The number of amides is 1. The molecule has 2 rings (SSSR count). The lowest BCUT2D eigenvalue weighted by Gasteiger charge is -2.23. The molecule has 0 radical (unpaired) electrons. The summed E-state index contributed by atoms with van der Waals surface area (Å²) < 4.78 is 0. The number of rotatable bonds is 4. The molecule has 1 amide bonds. The van der Waals surface area contributed by atoms with Crippen molar-refractivity contribution in [2.75, 3.05) is 19.6 Å². The highest BCUT2D eigenvalue weighted by molar-refractivity contribution is 5.81. The number of nitrogens with zero attached hydrogens (tertiary/aromatic N) is 1. The first kappa shape index (κ1) is 13.2. The maximum atomic E-state index is 11.7. The van der Waals surface area contributed by atoms with Crippen molar-refractivity contribution in [2.24, 2.45) is 4.99 Å². The van der Waals surface area contributed by atoms with Crippen LogP contribution < -0.4 is 16.0 Å². The average molecular weight is 252 g/mol. The van der Waals surface area contributed by atoms with Crippen LogP contribution in [-0.4, -0.2) is 37.5 Å². The molecule has 102 valence electrons. The fourth-order valence-corrected chi connectivity index (χ4v) is 2.49. The second kappa shape index (κ2) is 7.24. The van der Waals surface area contributed by atoms with Crippen LogP contribution in [0.2, 0.25) is 0 Å². The summed E-state index contributed by atoms with van der Waals surface area (Å²) in [6, 6.07) is 0.413. The van der Waals surface area contributed by atoms with Gasteiger partial charge < -0.3 is 16.0 Å². The van der Waals surface area contributed by atoms with Gasteiger partial charge in [0.05, 0.1) is 0 Å². The maximum absolute atomic E-state index is 11.7. The standard InChI is InChI=1S/C13H24N4O/c18-12(17-11-5-2-1-3-6-11)7-10-16-13-14-8-4-9-15-13/h11H,1-10H2,(H,17,18)(H2,14,15,16). The van der Waals surface area contributed by atoms with Crippen LogP contribution in [0.15, 0.2) is 4.99 Å². The van der Waals surface area contributed by atoms with E-state index in [1.54, 1.807) is 0 Å². The summed E-state index contributed by atoms with van der Waals surface area (Å²) in [6.07, 6.45) is 7.73. The summed E-state index contributed by atoms with van der Waals surface area (Å²) in [5, 5.41) is 9.47. The number of aliphatic imine (C=N–C) groups is 1. The molecule has 18 heavy (non-hydrogen) atoms. The lowest BCUT2D eigenvalue weighted by Crippen LogP contribution is -2.43. The van der Waals surface area contributed by atoms with Crippen LogP contribution in [0.5, 0.6) is 0 Å². The van der Waals surface area contributed by atoms with E-state index in [4.69, 9.17) is 0 Å². The van der Waals surface area contributed by atoms with E-state index >= 15 is 0 Å². The Morgan fingerprint density at radius 1 is 1.28 bits per heavy atom. The van der Waals surface area contributed by atoms with E-state index in [2.05, 4.69) is 20.9 Å². The lowest BCUT2D eigenvalue weighted by atomic mass is 9.95. The molecule has 0 saturated heterocycles. The average Bonchev–Trinajstić information content (AvgIpc) is 2.41. The summed E-state index contributed by atoms with van der Waals surface area (Å²) in [7, 11) is 0. The predicted octanol–water partition coefficient (Wildman–Crippen LogP) is 0.764. The molecule has 1 aliphatic heterocycles. The molecule has 0 bridgehead atoms. The molecule has 1 heterocycles. The van der Waals surface area contributed by atoms with E-state index in [1.807, 2.05) is 0 Å². The Bertz CT molecular complexity index is 297. The quantitative estimate of drug-likeness (QED) is 0.692. The molecule has 0 aromatic rings. The molecule has 5 heteroatoms. The van der Waals surface area contributed by atoms with Crippen molar-refractivity contribution < 1.29 is 4.79 Å². The van der Waals surface area contributed by atoms with Crippen molar-refractivity contribution in [2.45, 2.75) is 51.0 Å². The molecule has 0 atom stereocenters. The number of carbonyl (C=O) groups is 1. The SMILES string of the molecule is O=C(CCNC1=NCCCN1)NC1CCCCC1. The van der Waals surface area contributed by atoms with Gasteiger partial charge in [0.25, 0.3) is 0 Å². The summed E-state index contributed by atoms with van der Waals surface area (Å²) in [4.78, 5) is 16.0. The Balaban J connectivity index is 1.57. The molecule has 1 aliphatic carbocycles. The number of nitrogens with one attached hydrogen (secondary N) is 3. The summed E-state index contributed by atoms with van der Waals surface area (Å²) >= 11 is 0. The van der Waals surface area contributed by atoms with Gasteiger partial charge in [0.1, 0.15) is 0 Å². The molecular weight excluding hydrogens is 228 g/mol. The van der Waals surface area contributed by atoms with Gasteiger partial charge in [0.15, 0.2) is 5.96 Å². The van der Waals surface area contributed by atoms with Crippen molar-refractivity contribution in [1.29, 1.82) is 0 Å². The summed E-state index contributed by atoms with van der Waals surface area (Å²) in [6.45, 7) is 2.51. The van der Waals surface area contributed by atoms with E-state index in [-0.39, 0.29) is 5.91 Å². The first-order chi connectivity index (χ1) is 8.84. The highest BCUT2D eigenvalue weighted by Crippen LogP contribution is 2.17. The second-order valence-corrected chi connectivity index (χ2v) is 5.09. The van der Waals surface area contributed by atoms with Crippen LogP contribution in [0.3, 0.4) is 0 Å². The van der Waals surface area contributed by atoms with Crippen LogP contribution in [0.1, 0.15) is 44.9 Å². The molecule has 0 aromatic carbocycles. The normalized spacial score (nSPS) is 20.8. The molecule has 1 fully saturated rings. The number of hydrogen-bond acceptors (Lipinski definition) is 4. The molecular formula is C13H24N4O. The third-order valence-corrected chi connectivity index (χ3v) is 3.51. The predicted molar refractivity (Wildman–Crippen MR) is 72.6 cm³/mol. The minimum Gasteiger partial charge on any atom is -0.356 e. The minimum atomic E-state index is 0.158. The zero-order valence-electron chi connectivity index (χ0n) is 11.0. The van der Waals surface area contributed by atoms with Crippen molar-refractivity contribution in [3.05, 3.63) is 0 Å². The van der Waals surface area contributed by atoms with E-state index in [1.165, 1.54) is 19.3 Å². The fraction of sp³-hybridized carbons (Fsp3) is 0.846. The monoisotopic (exact) mass is 252 g/mol. The van der Waals surface area contributed by atoms with Gasteiger partial charge in [-0.2, -0.15) is 0 Å². The molecule has 2 aliphatic rings. The highest BCUT2D eigenvalue weighted by Gasteiger charge is 2.15. The Labute approximate surface area is 109 Å². The third kappa shape index (κ3) is 4.55. The second-order valence-electron chi connectivity index (χ2n) is 5.09. The van der Waals surface area contributed by atoms with Crippen molar-refractivity contribution >= 4 is 11.9 Å². The maximum Gasteiger partial charge on any atom is 0.221 e. The van der Waals surface area contributed by atoms with E-state index in [0.717, 1.165) is 38.3 Å². The Kier molecular flexibility index (Phi) is 5.30. The van der Waals surface area contributed by atoms with Crippen LogP contribution in [0, 0.1) is 0 Å². The number of hydrogen-bond donors (Lipinski definition) is 3.